The molecule has 4 aromatic rings. The molecule has 1 aromatic heterocycles. The van der Waals surface area contributed by atoms with E-state index in [-0.39, 0.29) is 12.2 Å². The molecule has 0 bridgehead atoms. The van der Waals surface area contributed by atoms with E-state index in [1.807, 2.05) is 78.9 Å². The van der Waals surface area contributed by atoms with Gasteiger partial charge in [0.1, 0.15) is 12.4 Å². The number of hydrogen-bond acceptors (Lipinski definition) is 6. The molecule has 0 saturated carbocycles. The predicted molar refractivity (Wildman–Crippen MR) is 163 cm³/mol. The Bertz CT molecular complexity index is 1770. The van der Waals surface area contributed by atoms with E-state index in [0.29, 0.717) is 38.2 Å². The zero-order chi connectivity index (χ0) is 29.1. The average molecular weight is 587 g/mol. The van der Waals surface area contributed by atoms with Crippen molar-refractivity contribution in [2.75, 3.05) is 6.61 Å². The Labute approximate surface area is 247 Å². The first-order valence-corrected chi connectivity index (χ1v) is 14.7. The van der Waals surface area contributed by atoms with Crippen LogP contribution in [-0.2, 0) is 16.1 Å². The normalized spacial score (nSPS) is 15.1. The van der Waals surface area contributed by atoms with Gasteiger partial charge in [0.25, 0.3) is 5.56 Å². The van der Waals surface area contributed by atoms with Crippen LogP contribution >= 0.6 is 22.9 Å². The first-order valence-electron chi connectivity index (χ1n) is 13.5. The molecule has 41 heavy (non-hydrogen) atoms. The number of aromatic nitrogens is 1. The van der Waals surface area contributed by atoms with Crippen molar-refractivity contribution in [1.29, 1.82) is 0 Å². The summed E-state index contributed by atoms with van der Waals surface area (Å²) in [5.74, 6) is 0.621. The maximum absolute atomic E-state index is 13.8. The maximum atomic E-state index is 13.8. The summed E-state index contributed by atoms with van der Waals surface area (Å²) in [5.41, 5.74) is 4.62. The van der Waals surface area contributed by atoms with E-state index in [2.05, 4.69) is 18.8 Å². The topological polar surface area (TPSA) is 69.9 Å². The largest absolute Gasteiger partial charge is 0.489 e. The summed E-state index contributed by atoms with van der Waals surface area (Å²) in [6.07, 6.45) is 1.84. The molecular formula is C33H31ClN2O4S. The number of halogens is 1. The third kappa shape index (κ3) is 6.21. The van der Waals surface area contributed by atoms with Crippen molar-refractivity contribution in [3.05, 3.63) is 131 Å². The van der Waals surface area contributed by atoms with Crippen molar-refractivity contribution < 1.29 is 14.3 Å². The Balaban J connectivity index is 1.49. The Morgan fingerprint density at radius 3 is 2.37 bits per heavy atom. The van der Waals surface area contributed by atoms with Gasteiger partial charge in [0.15, 0.2) is 4.80 Å². The second-order valence-electron chi connectivity index (χ2n) is 10.1. The number of benzene rings is 3. The molecule has 1 unspecified atom stereocenters. The quantitative estimate of drug-likeness (QED) is 0.232. The number of carbonyl (C=O) groups is 1. The molecule has 0 radical (unpaired) electrons. The third-order valence-electron chi connectivity index (χ3n) is 6.93. The predicted octanol–water partition coefficient (Wildman–Crippen LogP) is 6.15. The van der Waals surface area contributed by atoms with Crippen LogP contribution < -0.4 is 19.6 Å². The molecule has 1 aliphatic heterocycles. The number of hydrogen-bond donors (Lipinski definition) is 0. The molecule has 2 heterocycles. The van der Waals surface area contributed by atoms with Crippen molar-refractivity contribution >= 4 is 35.0 Å². The molecule has 0 amide bonds. The SMILES string of the molecule is CCOC(=O)C1=C(C)N=c2sc(=Cc3ccc(OCc4ccc(Cl)cc4)cc3)c(=O)n2C1c1ccc(C(C)C)cc1. The Morgan fingerprint density at radius 1 is 1.05 bits per heavy atom. The summed E-state index contributed by atoms with van der Waals surface area (Å²) in [4.78, 5) is 32.1. The van der Waals surface area contributed by atoms with Crippen LogP contribution in [0.3, 0.4) is 0 Å². The number of carbonyl (C=O) groups excluding carboxylic acids is 1. The number of nitrogens with zero attached hydrogens (tertiary/aromatic N) is 2. The van der Waals surface area contributed by atoms with Crippen molar-refractivity contribution in [2.24, 2.45) is 4.99 Å². The second kappa shape index (κ2) is 12.3. The lowest BCUT2D eigenvalue weighted by Gasteiger charge is -2.25. The van der Waals surface area contributed by atoms with Crippen LogP contribution in [0.5, 0.6) is 5.75 Å². The maximum Gasteiger partial charge on any atom is 0.338 e. The van der Waals surface area contributed by atoms with Gasteiger partial charge >= 0.3 is 5.97 Å². The van der Waals surface area contributed by atoms with E-state index >= 15 is 0 Å². The van der Waals surface area contributed by atoms with Crippen LogP contribution in [0.4, 0.5) is 0 Å². The second-order valence-corrected chi connectivity index (χ2v) is 11.6. The van der Waals surface area contributed by atoms with Crippen molar-refractivity contribution in [1.82, 2.24) is 4.57 Å². The number of rotatable bonds is 8. The molecule has 0 spiro atoms. The Hall–Kier alpha value is -3.94. The Kier molecular flexibility index (Phi) is 8.57. The molecule has 6 nitrogen and oxygen atoms in total. The van der Waals surface area contributed by atoms with E-state index in [4.69, 9.17) is 21.1 Å². The smallest absolute Gasteiger partial charge is 0.338 e. The standard InChI is InChI=1S/C33H31ClN2O4S/c1-5-39-32(38)29-21(4)35-33-36(30(29)25-12-10-24(11-13-25)20(2)3)31(37)28(41-33)18-22-8-16-27(17-9-22)40-19-23-6-14-26(34)15-7-23/h6-18,20,30H,5,19H2,1-4H3. The van der Waals surface area contributed by atoms with Crippen molar-refractivity contribution in [2.45, 2.75) is 46.3 Å². The van der Waals surface area contributed by atoms with Crippen LogP contribution in [0, 0.1) is 0 Å². The van der Waals surface area contributed by atoms with Gasteiger partial charge < -0.3 is 9.47 Å². The number of allylic oxidation sites excluding steroid dienone is 1. The van der Waals surface area contributed by atoms with Crippen LogP contribution in [0.2, 0.25) is 5.02 Å². The van der Waals surface area contributed by atoms with Gasteiger partial charge in [-0.25, -0.2) is 9.79 Å². The first kappa shape index (κ1) is 28.6. The molecule has 5 rings (SSSR count). The number of ether oxygens (including phenoxy) is 2. The molecule has 0 N–H and O–H groups in total. The molecule has 8 heteroatoms. The summed E-state index contributed by atoms with van der Waals surface area (Å²) in [5, 5.41) is 0.686. The fourth-order valence-electron chi connectivity index (χ4n) is 4.73. The van der Waals surface area contributed by atoms with Gasteiger partial charge in [0.2, 0.25) is 0 Å². The minimum Gasteiger partial charge on any atom is -0.489 e. The van der Waals surface area contributed by atoms with Crippen LogP contribution in [0.1, 0.15) is 61.9 Å². The molecule has 3 aromatic carbocycles. The molecule has 0 saturated heterocycles. The minimum atomic E-state index is -0.627. The molecule has 0 fully saturated rings. The van der Waals surface area contributed by atoms with Crippen LogP contribution in [0.15, 0.2) is 93.9 Å². The van der Waals surface area contributed by atoms with E-state index in [0.717, 1.165) is 22.4 Å². The first-order chi connectivity index (χ1) is 19.7. The van der Waals surface area contributed by atoms with Crippen LogP contribution in [-0.4, -0.2) is 17.1 Å². The zero-order valence-electron chi connectivity index (χ0n) is 23.4. The number of thiazole rings is 1. The molecular weight excluding hydrogens is 556 g/mol. The average Bonchev–Trinajstić information content (AvgIpc) is 3.26. The highest BCUT2D eigenvalue weighted by Gasteiger charge is 2.33. The van der Waals surface area contributed by atoms with Crippen LogP contribution in [0.25, 0.3) is 6.08 Å². The van der Waals surface area contributed by atoms with E-state index in [1.165, 1.54) is 16.9 Å². The lowest BCUT2D eigenvalue weighted by molar-refractivity contribution is -0.139. The lowest BCUT2D eigenvalue weighted by Crippen LogP contribution is -2.39. The van der Waals surface area contributed by atoms with E-state index < -0.39 is 12.0 Å². The van der Waals surface area contributed by atoms with Gasteiger partial charge in [-0.2, -0.15) is 0 Å². The van der Waals surface area contributed by atoms with Gasteiger partial charge in [0, 0.05) is 5.02 Å². The summed E-state index contributed by atoms with van der Waals surface area (Å²) in [6.45, 7) is 8.48. The summed E-state index contributed by atoms with van der Waals surface area (Å²) >= 11 is 7.26. The summed E-state index contributed by atoms with van der Waals surface area (Å²) in [7, 11) is 0. The van der Waals surface area contributed by atoms with Gasteiger partial charge in [-0.15, -0.1) is 0 Å². The van der Waals surface area contributed by atoms with Gasteiger partial charge in [-0.05, 0) is 72.4 Å². The van der Waals surface area contributed by atoms with Crippen molar-refractivity contribution in [3.8, 4) is 5.75 Å². The molecule has 210 valence electrons. The Morgan fingerprint density at radius 2 is 1.73 bits per heavy atom. The highest BCUT2D eigenvalue weighted by molar-refractivity contribution is 7.07. The number of esters is 1. The molecule has 1 atom stereocenters. The minimum absolute atomic E-state index is 0.205. The van der Waals surface area contributed by atoms with Crippen molar-refractivity contribution in [3.63, 3.8) is 0 Å². The third-order valence-corrected chi connectivity index (χ3v) is 8.17. The monoisotopic (exact) mass is 586 g/mol. The van der Waals surface area contributed by atoms with E-state index in [9.17, 15) is 9.59 Å². The zero-order valence-corrected chi connectivity index (χ0v) is 25.0. The van der Waals surface area contributed by atoms with E-state index in [1.54, 1.807) is 18.4 Å². The fraction of sp³-hybridized carbons (Fsp3) is 0.242. The molecule has 1 aliphatic rings. The van der Waals surface area contributed by atoms with Gasteiger partial charge in [-0.3, -0.25) is 9.36 Å². The van der Waals surface area contributed by atoms with Gasteiger partial charge in [0.05, 0.1) is 28.5 Å². The molecule has 0 aliphatic carbocycles. The lowest BCUT2D eigenvalue weighted by atomic mass is 9.93. The van der Waals surface area contributed by atoms with Gasteiger partial charge in [-0.1, -0.05) is 85.3 Å². The summed E-state index contributed by atoms with van der Waals surface area (Å²) in [6, 6.07) is 22.5. The highest BCUT2D eigenvalue weighted by Crippen LogP contribution is 2.31. The summed E-state index contributed by atoms with van der Waals surface area (Å²) < 4.78 is 13.4. The number of fused-ring (bicyclic) bond motifs is 1. The highest BCUT2D eigenvalue weighted by atomic mass is 35.5. The fourth-order valence-corrected chi connectivity index (χ4v) is 5.90.